The highest BCUT2D eigenvalue weighted by atomic mass is 32.2. The quantitative estimate of drug-likeness (QED) is 0.758. The normalized spacial score (nSPS) is 12.3. The lowest BCUT2D eigenvalue weighted by molar-refractivity contribution is 0.417. The third kappa shape index (κ3) is 5.56. The number of hydrogen-bond acceptors (Lipinski definition) is 3. The first-order chi connectivity index (χ1) is 9.15. The van der Waals surface area contributed by atoms with Gasteiger partial charge in [-0.1, -0.05) is 43.8 Å². The van der Waals surface area contributed by atoms with Crippen molar-refractivity contribution in [2.45, 2.75) is 44.9 Å². The number of nitrogens with one attached hydrogen (secondary N) is 1. The van der Waals surface area contributed by atoms with Gasteiger partial charge in [0.1, 0.15) is 4.99 Å². The van der Waals surface area contributed by atoms with Crippen LogP contribution in [-0.2, 0) is 15.8 Å². The largest absolute Gasteiger partial charge is 0.389 e. The van der Waals surface area contributed by atoms with Crippen LogP contribution in [0.25, 0.3) is 0 Å². The molecule has 0 bridgehead atoms. The molecule has 0 aliphatic rings. The van der Waals surface area contributed by atoms with E-state index in [1.54, 1.807) is 24.3 Å². The molecule has 0 fully saturated rings. The van der Waals surface area contributed by atoms with Crippen molar-refractivity contribution in [3.05, 3.63) is 35.4 Å². The van der Waals surface area contributed by atoms with Gasteiger partial charge in [0.25, 0.3) is 0 Å². The van der Waals surface area contributed by atoms with E-state index < -0.39 is 15.6 Å². The average molecular weight is 314 g/mol. The molecule has 0 atom stereocenters. The highest BCUT2D eigenvalue weighted by molar-refractivity contribution is 7.88. The zero-order chi connectivity index (χ0) is 15.4. The summed E-state index contributed by atoms with van der Waals surface area (Å²) in [6.45, 7) is 5.81. The zero-order valence-electron chi connectivity index (χ0n) is 12.1. The van der Waals surface area contributed by atoms with Gasteiger partial charge in [-0.05, 0) is 31.9 Å². The fraction of sp³-hybridized carbons (Fsp3) is 0.500. The molecule has 1 rings (SSSR count). The van der Waals surface area contributed by atoms with Gasteiger partial charge in [0.2, 0.25) is 10.0 Å². The molecule has 0 saturated carbocycles. The number of rotatable bonds is 7. The van der Waals surface area contributed by atoms with E-state index in [-0.39, 0.29) is 10.7 Å². The maximum atomic E-state index is 12.2. The van der Waals surface area contributed by atoms with Crippen molar-refractivity contribution in [2.75, 3.05) is 0 Å². The Bertz CT molecular complexity index is 581. The van der Waals surface area contributed by atoms with Crippen LogP contribution in [0.4, 0.5) is 0 Å². The van der Waals surface area contributed by atoms with Crippen molar-refractivity contribution in [1.82, 2.24) is 4.72 Å². The highest BCUT2D eigenvalue weighted by Gasteiger charge is 2.24. The predicted octanol–water partition coefficient (Wildman–Crippen LogP) is 2.32. The van der Waals surface area contributed by atoms with E-state index in [4.69, 9.17) is 18.0 Å². The van der Waals surface area contributed by atoms with Gasteiger partial charge in [-0.25, -0.2) is 13.1 Å². The Morgan fingerprint density at radius 3 is 2.60 bits per heavy atom. The van der Waals surface area contributed by atoms with Gasteiger partial charge in [0, 0.05) is 11.1 Å². The Morgan fingerprint density at radius 1 is 1.40 bits per heavy atom. The molecule has 0 amide bonds. The van der Waals surface area contributed by atoms with Crippen molar-refractivity contribution in [2.24, 2.45) is 5.73 Å². The van der Waals surface area contributed by atoms with E-state index in [1.807, 2.05) is 20.8 Å². The molecule has 20 heavy (non-hydrogen) atoms. The first-order valence-corrected chi connectivity index (χ1v) is 8.62. The Hall–Kier alpha value is -0.980. The molecule has 0 unspecified atom stereocenters. The Labute approximate surface area is 126 Å². The molecule has 6 heteroatoms. The van der Waals surface area contributed by atoms with Crippen LogP contribution in [0.2, 0.25) is 0 Å². The second-order valence-corrected chi connectivity index (χ2v) is 7.72. The topological polar surface area (TPSA) is 72.2 Å². The van der Waals surface area contributed by atoms with Crippen molar-refractivity contribution in [1.29, 1.82) is 0 Å². The minimum Gasteiger partial charge on any atom is -0.389 e. The molecule has 0 aliphatic carbocycles. The molecule has 1 aromatic rings. The van der Waals surface area contributed by atoms with Crippen LogP contribution in [0, 0.1) is 0 Å². The molecule has 0 heterocycles. The third-order valence-electron chi connectivity index (χ3n) is 2.87. The monoisotopic (exact) mass is 314 g/mol. The molecule has 0 saturated heterocycles. The second-order valence-electron chi connectivity index (χ2n) is 5.56. The van der Waals surface area contributed by atoms with E-state index in [9.17, 15) is 8.42 Å². The number of hydrogen-bond donors (Lipinski definition) is 2. The van der Waals surface area contributed by atoms with E-state index in [1.165, 1.54) is 0 Å². The Morgan fingerprint density at radius 2 is 2.05 bits per heavy atom. The highest BCUT2D eigenvalue weighted by Crippen LogP contribution is 2.15. The first-order valence-electron chi connectivity index (χ1n) is 6.55. The van der Waals surface area contributed by atoms with Gasteiger partial charge in [0.05, 0.1) is 5.75 Å². The molecule has 0 aromatic heterocycles. The summed E-state index contributed by atoms with van der Waals surface area (Å²) in [7, 11) is -3.39. The Balaban J connectivity index is 2.86. The molecule has 0 spiro atoms. The zero-order valence-corrected chi connectivity index (χ0v) is 13.8. The summed E-state index contributed by atoms with van der Waals surface area (Å²) in [5, 5.41) is 0. The van der Waals surface area contributed by atoms with E-state index in [0.717, 1.165) is 12.8 Å². The lowest BCUT2D eigenvalue weighted by atomic mass is 10.0. The van der Waals surface area contributed by atoms with E-state index in [2.05, 4.69) is 4.72 Å². The summed E-state index contributed by atoms with van der Waals surface area (Å²) in [6, 6.07) is 7.01. The number of sulfonamides is 1. The smallest absolute Gasteiger partial charge is 0.216 e. The maximum Gasteiger partial charge on any atom is 0.216 e. The first kappa shape index (κ1) is 17.1. The third-order valence-corrected chi connectivity index (χ3v) is 4.69. The van der Waals surface area contributed by atoms with Crippen LogP contribution in [0.3, 0.4) is 0 Å². The molecule has 3 N–H and O–H groups in total. The molecule has 4 nitrogen and oxygen atoms in total. The molecule has 0 radical (unpaired) electrons. The van der Waals surface area contributed by atoms with Crippen LogP contribution in [0.1, 0.15) is 44.7 Å². The van der Waals surface area contributed by atoms with Crippen LogP contribution >= 0.6 is 12.2 Å². The summed E-state index contributed by atoms with van der Waals surface area (Å²) in [5.74, 6) is -0.0728. The number of benzene rings is 1. The summed E-state index contributed by atoms with van der Waals surface area (Å²) in [6.07, 6.45) is 1.71. The fourth-order valence-electron chi connectivity index (χ4n) is 2.17. The standard InChI is InChI=1S/C14H22N2O2S2/c1-4-8-14(2,3)16-20(17,18)10-11-6-5-7-12(9-11)13(15)19/h5-7,9,16H,4,8,10H2,1-3H3,(H2,15,19). The summed E-state index contributed by atoms with van der Waals surface area (Å²) in [5.41, 5.74) is 6.47. The maximum absolute atomic E-state index is 12.2. The van der Waals surface area contributed by atoms with Gasteiger partial charge in [-0.15, -0.1) is 0 Å². The SMILES string of the molecule is CCCC(C)(C)NS(=O)(=O)Cc1cccc(C(N)=S)c1. The summed E-state index contributed by atoms with van der Waals surface area (Å²) >= 11 is 4.90. The predicted molar refractivity (Wildman–Crippen MR) is 87.1 cm³/mol. The van der Waals surface area contributed by atoms with Crippen molar-refractivity contribution in [3.8, 4) is 0 Å². The van der Waals surface area contributed by atoms with Gasteiger partial charge in [-0.3, -0.25) is 0 Å². The average Bonchev–Trinajstić information content (AvgIpc) is 2.26. The van der Waals surface area contributed by atoms with Crippen LogP contribution in [0.15, 0.2) is 24.3 Å². The molecular formula is C14H22N2O2S2. The molecule has 0 aliphatic heterocycles. The van der Waals surface area contributed by atoms with Gasteiger partial charge >= 0.3 is 0 Å². The Kier molecular flexibility index (Phi) is 5.68. The number of nitrogens with two attached hydrogens (primary N) is 1. The fourth-order valence-corrected chi connectivity index (χ4v) is 3.93. The summed E-state index contributed by atoms with van der Waals surface area (Å²) < 4.78 is 27.1. The van der Waals surface area contributed by atoms with Gasteiger partial charge < -0.3 is 5.73 Å². The van der Waals surface area contributed by atoms with E-state index >= 15 is 0 Å². The van der Waals surface area contributed by atoms with Crippen molar-refractivity contribution in [3.63, 3.8) is 0 Å². The second kappa shape index (κ2) is 6.65. The van der Waals surface area contributed by atoms with Crippen LogP contribution in [0.5, 0.6) is 0 Å². The van der Waals surface area contributed by atoms with Gasteiger partial charge in [0.15, 0.2) is 0 Å². The van der Waals surface area contributed by atoms with Crippen LogP contribution in [-0.4, -0.2) is 18.9 Å². The lowest BCUT2D eigenvalue weighted by Crippen LogP contribution is -2.43. The molecular weight excluding hydrogens is 292 g/mol. The summed E-state index contributed by atoms with van der Waals surface area (Å²) in [4.78, 5) is 0.267. The van der Waals surface area contributed by atoms with Crippen molar-refractivity contribution >= 4 is 27.2 Å². The van der Waals surface area contributed by atoms with Crippen LogP contribution < -0.4 is 10.5 Å². The molecule has 112 valence electrons. The molecule has 1 aromatic carbocycles. The van der Waals surface area contributed by atoms with Gasteiger partial charge in [-0.2, -0.15) is 0 Å². The minimum absolute atomic E-state index is 0.0728. The lowest BCUT2D eigenvalue weighted by Gasteiger charge is -2.25. The van der Waals surface area contributed by atoms with Crippen molar-refractivity contribution < 1.29 is 8.42 Å². The minimum atomic E-state index is -3.39. The van der Waals surface area contributed by atoms with E-state index in [0.29, 0.717) is 11.1 Å². The number of thiocarbonyl (C=S) groups is 1.